The third kappa shape index (κ3) is 3.20. The van der Waals surface area contributed by atoms with E-state index >= 15 is 0 Å². The lowest BCUT2D eigenvalue weighted by Gasteiger charge is -2.09. The van der Waals surface area contributed by atoms with Crippen LogP contribution >= 0.6 is 23.2 Å². The number of aromatic nitrogens is 2. The van der Waals surface area contributed by atoms with Crippen LogP contribution in [0.1, 0.15) is 16.2 Å². The molecule has 0 spiro atoms. The van der Waals surface area contributed by atoms with Gasteiger partial charge in [-0.15, -0.1) is 0 Å². The Kier molecular flexibility index (Phi) is 4.42. The molecule has 0 fully saturated rings. The highest BCUT2D eigenvalue weighted by molar-refractivity contribution is 6.37. The summed E-state index contributed by atoms with van der Waals surface area (Å²) in [5, 5.41) is 1.20. The van der Waals surface area contributed by atoms with E-state index < -0.39 is 5.97 Å². The smallest absolute Gasteiger partial charge is 0.340 e. The Hall–Kier alpha value is -2.57. The second-order valence-electron chi connectivity index (χ2n) is 4.97. The number of halogens is 2. The van der Waals surface area contributed by atoms with Crippen LogP contribution in [0.5, 0.6) is 0 Å². The number of nitrogen functional groups attached to an aromatic ring is 2. The topological polar surface area (TPSA) is 104 Å². The fourth-order valence-electron chi connectivity index (χ4n) is 2.18. The van der Waals surface area contributed by atoms with Gasteiger partial charge in [0.25, 0.3) is 0 Å². The van der Waals surface area contributed by atoms with Crippen LogP contribution in [0.3, 0.4) is 0 Å². The molecule has 0 radical (unpaired) electrons. The van der Waals surface area contributed by atoms with Crippen LogP contribution in [0.4, 0.5) is 11.5 Å². The van der Waals surface area contributed by atoms with E-state index in [2.05, 4.69) is 9.97 Å². The Balaban J connectivity index is 1.82. The summed E-state index contributed by atoms with van der Waals surface area (Å²) in [5.41, 5.74) is 12.5. The number of anilines is 2. The monoisotopic (exact) mass is 362 g/mol. The first-order chi connectivity index (χ1) is 11.5. The quantitative estimate of drug-likeness (QED) is 0.546. The van der Waals surface area contributed by atoms with Gasteiger partial charge in [0.05, 0.1) is 21.8 Å². The maximum absolute atomic E-state index is 12.2. The normalized spacial score (nSPS) is 10.8. The molecule has 4 N–H and O–H groups in total. The molecule has 6 nitrogen and oxygen atoms in total. The van der Waals surface area contributed by atoms with Crippen molar-refractivity contribution in [2.75, 3.05) is 11.5 Å². The van der Waals surface area contributed by atoms with Crippen molar-refractivity contribution in [2.45, 2.75) is 6.61 Å². The molecule has 0 aliphatic heterocycles. The number of carbonyl (C=O) groups excluding carboxylic acids is 1. The summed E-state index contributed by atoms with van der Waals surface area (Å²) in [5.74, 6) is -0.0737. The molecule has 3 aromatic rings. The van der Waals surface area contributed by atoms with Crippen molar-refractivity contribution in [1.29, 1.82) is 0 Å². The maximum atomic E-state index is 12.2. The first-order valence-electron chi connectivity index (χ1n) is 6.88. The minimum Gasteiger partial charge on any atom is -0.454 e. The minimum atomic E-state index is -0.674. The van der Waals surface area contributed by atoms with Crippen molar-refractivity contribution in [1.82, 2.24) is 9.97 Å². The van der Waals surface area contributed by atoms with E-state index in [4.69, 9.17) is 39.4 Å². The SMILES string of the molecule is Nc1c(Cl)cc(Cl)cc1C(=O)OCc1nc(N)c2ccccc2n1. The Morgan fingerprint density at radius 3 is 2.67 bits per heavy atom. The number of carbonyl (C=O) groups is 1. The van der Waals surface area contributed by atoms with E-state index in [1.54, 1.807) is 6.07 Å². The molecule has 8 heteroatoms. The number of ether oxygens (including phenoxy) is 1. The molecule has 0 saturated heterocycles. The van der Waals surface area contributed by atoms with Gasteiger partial charge in [-0.1, -0.05) is 35.3 Å². The van der Waals surface area contributed by atoms with Crippen molar-refractivity contribution in [3.63, 3.8) is 0 Å². The highest BCUT2D eigenvalue weighted by Crippen LogP contribution is 2.28. The van der Waals surface area contributed by atoms with Crippen LogP contribution < -0.4 is 11.5 Å². The molecule has 0 aliphatic rings. The molecule has 24 heavy (non-hydrogen) atoms. The molecule has 1 heterocycles. The molecular weight excluding hydrogens is 351 g/mol. The largest absolute Gasteiger partial charge is 0.454 e. The summed E-state index contributed by atoms with van der Waals surface area (Å²) in [6, 6.07) is 10.1. The second kappa shape index (κ2) is 6.51. The van der Waals surface area contributed by atoms with Gasteiger partial charge in [-0.3, -0.25) is 0 Å². The molecule has 0 unspecified atom stereocenters. The third-order valence-electron chi connectivity index (χ3n) is 3.33. The summed E-state index contributed by atoms with van der Waals surface area (Å²) in [4.78, 5) is 20.6. The zero-order chi connectivity index (χ0) is 17.3. The lowest BCUT2D eigenvalue weighted by atomic mass is 10.2. The molecule has 0 saturated carbocycles. The van der Waals surface area contributed by atoms with Gasteiger partial charge in [0, 0.05) is 10.4 Å². The molecule has 122 valence electrons. The number of nitrogens with zero attached hydrogens (tertiary/aromatic N) is 2. The van der Waals surface area contributed by atoms with Crippen molar-refractivity contribution in [3.8, 4) is 0 Å². The lowest BCUT2D eigenvalue weighted by molar-refractivity contribution is 0.0464. The number of esters is 1. The summed E-state index contributed by atoms with van der Waals surface area (Å²) in [6.07, 6.45) is 0. The Morgan fingerprint density at radius 2 is 1.88 bits per heavy atom. The predicted octanol–water partition coefficient (Wildman–Crippen LogP) is 3.46. The van der Waals surface area contributed by atoms with Gasteiger partial charge in [-0.05, 0) is 24.3 Å². The Bertz CT molecular complexity index is 947. The summed E-state index contributed by atoms with van der Waals surface area (Å²) in [7, 11) is 0. The van der Waals surface area contributed by atoms with Crippen molar-refractivity contribution in [2.24, 2.45) is 0 Å². The number of hydrogen-bond donors (Lipinski definition) is 2. The van der Waals surface area contributed by atoms with Crippen LogP contribution in [0.2, 0.25) is 10.0 Å². The molecule has 3 rings (SSSR count). The predicted molar refractivity (Wildman–Crippen MR) is 93.9 cm³/mol. The number of fused-ring (bicyclic) bond motifs is 1. The maximum Gasteiger partial charge on any atom is 0.340 e. The van der Waals surface area contributed by atoms with Crippen LogP contribution in [0.15, 0.2) is 36.4 Å². The van der Waals surface area contributed by atoms with E-state index in [-0.39, 0.29) is 33.7 Å². The first-order valence-corrected chi connectivity index (χ1v) is 7.64. The summed E-state index contributed by atoms with van der Waals surface area (Å²) >= 11 is 11.8. The number of para-hydroxylation sites is 1. The fraction of sp³-hybridized carbons (Fsp3) is 0.0625. The average Bonchev–Trinajstić information content (AvgIpc) is 2.56. The number of hydrogen-bond acceptors (Lipinski definition) is 6. The Morgan fingerprint density at radius 1 is 1.12 bits per heavy atom. The van der Waals surface area contributed by atoms with E-state index in [9.17, 15) is 4.79 Å². The van der Waals surface area contributed by atoms with Gasteiger partial charge in [0.15, 0.2) is 12.4 Å². The van der Waals surface area contributed by atoms with E-state index in [0.29, 0.717) is 11.3 Å². The van der Waals surface area contributed by atoms with Crippen LogP contribution in [-0.4, -0.2) is 15.9 Å². The number of benzene rings is 2. The highest BCUT2D eigenvalue weighted by atomic mass is 35.5. The van der Waals surface area contributed by atoms with Crippen molar-refractivity contribution >= 4 is 51.6 Å². The highest BCUT2D eigenvalue weighted by Gasteiger charge is 2.16. The first kappa shape index (κ1) is 16.3. The Labute approximate surface area is 147 Å². The second-order valence-corrected chi connectivity index (χ2v) is 5.81. The molecule has 0 atom stereocenters. The summed E-state index contributed by atoms with van der Waals surface area (Å²) in [6.45, 7) is -0.155. The molecule has 0 bridgehead atoms. The van der Waals surface area contributed by atoms with E-state index in [1.165, 1.54) is 12.1 Å². The van der Waals surface area contributed by atoms with Crippen LogP contribution in [-0.2, 0) is 11.3 Å². The average molecular weight is 363 g/mol. The van der Waals surface area contributed by atoms with Crippen LogP contribution in [0.25, 0.3) is 10.9 Å². The van der Waals surface area contributed by atoms with Gasteiger partial charge in [0.2, 0.25) is 0 Å². The zero-order valence-corrected chi connectivity index (χ0v) is 13.8. The molecule has 0 aliphatic carbocycles. The van der Waals surface area contributed by atoms with Gasteiger partial charge in [-0.25, -0.2) is 14.8 Å². The van der Waals surface area contributed by atoms with Gasteiger partial charge < -0.3 is 16.2 Å². The van der Waals surface area contributed by atoms with Gasteiger partial charge in [-0.2, -0.15) is 0 Å². The number of rotatable bonds is 3. The van der Waals surface area contributed by atoms with Crippen molar-refractivity contribution in [3.05, 3.63) is 57.8 Å². The fourth-order valence-corrected chi connectivity index (χ4v) is 2.67. The molecule has 0 amide bonds. The van der Waals surface area contributed by atoms with Crippen molar-refractivity contribution < 1.29 is 9.53 Å². The zero-order valence-electron chi connectivity index (χ0n) is 12.3. The third-order valence-corrected chi connectivity index (χ3v) is 3.86. The molecule has 1 aromatic heterocycles. The van der Waals surface area contributed by atoms with E-state index in [0.717, 1.165) is 5.39 Å². The minimum absolute atomic E-state index is 0.0845. The lowest BCUT2D eigenvalue weighted by Crippen LogP contribution is -2.11. The van der Waals surface area contributed by atoms with Crippen LogP contribution in [0, 0.1) is 0 Å². The summed E-state index contributed by atoms with van der Waals surface area (Å²) < 4.78 is 5.19. The molecular formula is C16H12Cl2N4O2. The molecule has 2 aromatic carbocycles. The van der Waals surface area contributed by atoms with E-state index in [1.807, 2.05) is 18.2 Å². The van der Waals surface area contributed by atoms with Gasteiger partial charge >= 0.3 is 5.97 Å². The van der Waals surface area contributed by atoms with Gasteiger partial charge in [0.1, 0.15) is 5.82 Å². The standard InChI is InChI=1S/C16H12Cl2N4O2/c17-8-5-10(14(19)11(18)6-8)16(23)24-7-13-21-12-4-2-1-3-9(12)15(20)22-13/h1-6H,7,19H2,(H2,20,21,22). The number of nitrogens with two attached hydrogens (primary N) is 2.